The fourth-order valence-corrected chi connectivity index (χ4v) is 5.89. The number of esters is 1. The standard InChI is InChI=1S/C23H36N2O6/c1-7-12-24(14(4)5)20(28)18-23-11-10-22(6,31-23)17(21(29)30-9-3)16(23)19(27)25(18)15(8-2)13-26/h7,14-18,26H,1,8-13H2,2-6H3/t15-,16-,17+,18?,22-,23?/m0/s1. The molecular weight excluding hydrogens is 400 g/mol. The molecule has 3 saturated heterocycles. The molecule has 0 saturated carbocycles. The van der Waals surface area contributed by atoms with Gasteiger partial charge in [0.25, 0.3) is 0 Å². The highest BCUT2D eigenvalue weighted by Crippen LogP contribution is 2.63. The van der Waals surface area contributed by atoms with Crippen LogP contribution in [0.1, 0.15) is 53.9 Å². The number of aliphatic hydroxyl groups is 1. The third-order valence-corrected chi connectivity index (χ3v) is 7.30. The summed E-state index contributed by atoms with van der Waals surface area (Å²) in [6.45, 7) is 13.3. The molecule has 3 fully saturated rings. The fraction of sp³-hybridized carbons (Fsp3) is 0.783. The largest absolute Gasteiger partial charge is 0.466 e. The number of aliphatic hydroxyl groups excluding tert-OH is 1. The van der Waals surface area contributed by atoms with Crippen molar-refractivity contribution in [2.24, 2.45) is 11.8 Å². The molecule has 8 nitrogen and oxygen atoms in total. The van der Waals surface area contributed by atoms with Crippen molar-refractivity contribution in [1.82, 2.24) is 9.80 Å². The Bertz CT molecular complexity index is 750. The van der Waals surface area contributed by atoms with Gasteiger partial charge in [0.05, 0.1) is 30.8 Å². The summed E-state index contributed by atoms with van der Waals surface area (Å²) in [5.74, 6) is -2.55. The minimum Gasteiger partial charge on any atom is -0.466 e. The molecule has 3 heterocycles. The second-order valence-electron chi connectivity index (χ2n) is 9.34. The molecule has 6 atom stereocenters. The Kier molecular flexibility index (Phi) is 6.54. The summed E-state index contributed by atoms with van der Waals surface area (Å²) in [5, 5.41) is 10.0. The zero-order chi connectivity index (χ0) is 23.1. The van der Waals surface area contributed by atoms with Crippen LogP contribution in [0.25, 0.3) is 0 Å². The van der Waals surface area contributed by atoms with Crippen molar-refractivity contribution >= 4 is 17.8 Å². The molecule has 0 aliphatic carbocycles. The summed E-state index contributed by atoms with van der Waals surface area (Å²) < 4.78 is 11.8. The van der Waals surface area contributed by atoms with Crippen molar-refractivity contribution in [3.8, 4) is 0 Å². The van der Waals surface area contributed by atoms with E-state index in [1.54, 1.807) is 17.9 Å². The van der Waals surface area contributed by atoms with Gasteiger partial charge in [-0.15, -0.1) is 6.58 Å². The second-order valence-corrected chi connectivity index (χ2v) is 9.34. The van der Waals surface area contributed by atoms with Crippen LogP contribution in [0.15, 0.2) is 12.7 Å². The number of nitrogens with zero attached hydrogens (tertiary/aromatic N) is 2. The van der Waals surface area contributed by atoms with E-state index in [1.165, 1.54) is 4.90 Å². The predicted octanol–water partition coefficient (Wildman–Crippen LogP) is 1.51. The molecule has 1 spiro atoms. The van der Waals surface area contributed by atoms with Crippen LogP contribution in [-0.2, 0) is 23.9 Å². The topological polar surface area (TPSA) is 96.4 Å². The monoisotopic (exact) mass is 436 g/mol. The van der Waals surface area contributed by atoms with Gasteiger partial charge < -0.3 is 24.4 Å². The molecule has 2 bridgehead atoms. The SMILES string of the molecule is C=CCN(C(=O)C1N([C@@H](CC)CO)C(=O)[C@@H]2[C@H](C(=O)OCC)[C@]3(C)CCC12O3)C(C)C. The third-order valence-electron chi connectivity index (χ3n) is 7.30. The molecule has 1 N–H and O–H groups in total. The average molecular weight is 437 g/mol. The summed E-state index contributed by atoms with van der Waals surface area (Å²) in [4.78, 5) is 43.8. The lowest BCUT2D eigenvalue weighted by Crippen LogP contribution is -2.59. The number of rotatable bonds is 9. The lowest BCUT2D eigenvalue weighted by Gasteiger charge is -2.40. The van der Waals surface area contributed by atoms with E-state index in [0.717, 1.165) is 0 Å². The number of ether oxygens (including phenoxy) is 2. The van der Waals surface area contributed by atoms with E-state index in [2.05, 4.69) is 6.58 Å². The van der Waals surface area contributed by atoms with Gasteiger partial charge >= 0.3 is 5.97 Å². The summed E-state index contributed by atoms with van der Waals surface area (Å²) in [7, 11) is 0. The number of carbonyl (C=O) groups is 3. The van der Waals surface area contributed by atoms with Crippen molar-refractivity contribution < 1.29 is 29.0 Å². The van der Waals surface area contributed by atoms with Crippen molar-refractivity contribution in [2.45, 2.75) is 83.2 Å². The highest BCUT2D eigenvalue weighted by Gasteiger charge is 2.79. The van der Waals surface area contributed by atoms with Gasteiger partial charge in [0, 0.05) is 12.6 Å². The Labute approximate surface area is 184 Å². The first-order valence-electron chi connectivity index (χ1n) is 11.3. The number of amides is 2. The van der Waals surface area contributed by atoms with Crippen molar-refractivity contribution in [3.63, 3.8) is 0 Å². The Balaban J connectivity index is 2.13. The Morgan fingerprint density at radius 2 is 2.06 bits per heavy atom. The van der Waals surface area contributed by atoms with E-state index in [9.17, 15) is 19.5 Å². The zero-order valence-electron chi connectivity index (χ0n) is 19.3. The molecule has 8 heteroatoms. The van der Waals surface area contributed by atoms with Crippen LogP contribution in [0.2, 0.25) is 0 Å². The first-order valence-corrected chi connectivity index (χ1v) is 11.3. The first-order chi connectivity index (χ1) is 14.6. The molecule has 0 aromatic carbocycles. The summed E-state index contributed by atoms with van der Waals surface area (Å²) in [6.07, 6.45) is 3.22. The molecule has 2 amide bonds. The van der Waals surface area contributed by atoms with Gasteiger partial charge in [-0.1, -0.05) is 13.0 Å². The van der Waals surface area contributed by atoms with E-state index in [-0.39, 0.29) is 31.1 Å². The Morgan fingerprint density at radius 1 is 1.39 bits per heavy atom. The molecule has 2 unspecified atom stereocenters. The highest BCUT2D eigenvalue weighted by atomic mass is 16.6. The second kappa shape index (κ2) is 8.54. The first kappa shape index (κ1) is 23.7. The maximum atomic E-state index is 13.9. The fourth-order valence-electron chi connectivity index (χ4n) is 5.89. The highest BCUT2D eigenvalue weighted by molar-refractivity contribution is 5.98. The van der Waals surface area contributed by atoms with E-state index in [0.29, 0.717) is 25.8 Å². The van der Waals surface area contributed by atoms with E-state index in [4.69, 9.17) is 9.47 Å². The van der Waals surface area contributed by atoms with Gasteiger partial charge in [-0.05, 0) is 47.0 Å². The van der Waals surface area contributed by atoms with E-state index in [1.807, 2.05) is 27.7 Å². The van der Waals surface area contributed by atoms with Gasteiger partial charge in [-0.3, -0.25) is 14.4 Å². The number of hydrogen-bond acceptors (Lipinski definition) is 6. The number of likely N-dealkylation sites (tertiary alicyclic amines) is 1. The van der Waals surface area contributed by atoms with Crippen LogP contribution in [0.5, 0.6) is 0 Å². The van der Waals surface area contributed by atoms with E-state index < -0.39 is 41.1 Å². The van der Waals surface area contributed by atoms with Gasteiger partial charge in [-0.25, -0.2) is 0 Å². The molecule has 31 heavy (non-hydrogen) atoms. The number of hydrogen-bond donors (Lipinski definition) is 1. The summed E-state index contributed by atoms with van der Waals surface area (Å²) in [5.41, 5.74) is -1.95. The number of fused-ring (bicyclic) bond motifs is 1. The molecule has 0 aromatic rings. The molecule has 3 aliphatic heterocycles. The van der Waals surface area contributed by atoms with Gasteiger partial charge in [0.2, 0.25) is 11.8 Å². The average Bonchev–Trinajstić information content (AvgIpc) is 3.28. The van der Waals surface area contributed by atoms with Gasteiger partial charge in [0.15, 0.2) is 0 Å². The maximum absolute atomic E-state index is 13.9. The van der Waals surface area contributed by atoms with Crippen molar-refractivity contribution in [1.29, 1.82) is 0 Å². The maximum Gasteiger partial charge on any atom is 0.312 e. The third kappa shape index (κ3) is 3.39. The van der Waals surface area contributed by atoms with Crippen LogP contribution < -0.4 is 0 Å². The minimum absolute atomic E-state index is 0.109. The van der Waals surface area contributed by atoms with E-state index >= 15 is 0 Å². The molecule has 3 aliphatic rings. The molecular formula is C23H36N2O6. The lowest BCUT2D eigenvalue weighted by atomic mass is 9.66. The minimum atomic E-state index is -1.10. The van der Waals surface area contributed by atoms with Crippen molar-refractivity contribution in [2.75, 3.05) is 19.8 Å². The quantitative estimate of drug-likeness (QED) is 0.435. The van der Waals surface area contributed by atoms with Gasteiger partial charge in [0.1, 0.15) is 17.6 Å². The van der Waals surface area contributed by atoms with Gasteiger partial charge in [-0.2, -0.15) is 0 Å². The number of carbonyl (C=O) groups excluding carboxylic acids is 3. The molecule has 0 radical (unpaired) electrons. The van der Waals surface area contributed by atoms with Crippen molar-refractivity contribution in [3.05, 3.63) is 12.7 Å². The Morgan fingerprint density at radius 3 is 2.58 bits per heavy atom. The molecule has 174 valence electrons. The van der Waals surface area contributed by atoms with Crippen LogP contribution in [0.3, 0.4) is 0 Å². The van der Waals surface area contributed by atoms with Crippen LogP contribution in [-0.4, -0.2) is 81.8 Å². The summed E-state index contributed by atoms with van der Waals surface area (Å²) in [6, 6.07) is -1.54. The normalized spacial score (nSPS) is 34.7. The lowest BCUT2D eigenvalue weighted by molar-refractivity contribution is -0.162. The van der Waals surface area contributed by atoms with Crippen LogP contribution in [0, 0.1) is 11.8 Å². The smallest absolute Gasteiger partial charge is 0.312 e. The van der Waals surface area contributed by atoms with Crippen LogP contribution in [0.4, 0.5) is 0 Å². The molecule has 3 rings (SSSR count). The zero-order valence-corrected chi connectivity index (χ0v) is 19.3. The summed E-state index contributed by atoms with van der Waals surface area (Å²) >= 11 is 0. The Hall–Kier alpha value is -1.93. The molecule has 0 aromatic heterocycles. The predicted molar refractivity (Wildman–Crippen MR) is 114 cm³/mol. The van der Waals surface area contributed by atoms with Crippen LogP contribution >= 0.6 is 0 Å².